The highest BCUT2D eigenvalue weighted by Crippen LogP contribution is 2.07. The number of carbonyl (C=O) groups is 1. The first-order valence-electron chi connectivity index (χ1n) is 6.19. The van der Waals surface area contributed by atoms with Gasteiger partial charge in [-0.25, -0.2) is 8.42 Å². The molecule has 0 amide bonds. The van der Waals surface area contributed by atoms with Crippen molar-refractivity contribution in [1.29, 1.82) is 0 Å². The van der Waals surface area contributed by atoms with Gasteiger partial charge in [0.1, 0.15) is 9.84 Å². The van der Waals surface area contributed by atoms with Crippen LogP contribution in [0.15, 0.2) is 0 Å². The van der Waals surface area contributed by atoms with Crippen LogP contribution in [0.3, 0.4) is 0 Å². The van der Waals surface area contributed by atoms with Crippen LogP contribution in [-0.2, 0) is 14.6 Å². The third-order valence-corrected chi connectivity index (χ3v) is 4.34. The van der Waals surface area contributed by atoms with Crippen molar-refractivity contribution in [2.45, 2.75) is 53.1 Å². The highest BCUT2D eigenvalue weighted by Gasteiger charge is 2.23. The summed E-state index contributed by atoms with van der Waals surface area (Å²) in [4.78, 5) is 11.9. The molecule has 0 saturated heterocycles. The minimum atomic E-state index is -3.00. The normalized spacial score (nSPS) is 14.3. The molecule has 102 valence electrons. The van der Waals surface area contributed by atoms with Crippen LogP contribution in [0.5, 0.6) is 0 Å². The van der Waals surface area contributed by atoms with E-state index in [1.165, 1.54) is 0 Å². The molecule has 0 bridgehead atoms. The van der Waals surface area contributed by atoms with Crippen LogP contribution in [0.25, 0.3) is 0 Å². The van der Waals surface area contributed by atoms with Gasteiger partial charge in [-0.2, -0.15) is 0 Å². The zero-order chi connectivity index (χ0) is 13.6. The number of sulfone groups is 1. The molecule has 0 radical (unpaired) electrons. The van der Waals surface area contributed by atoms with E-state index in [1.807, 2.05) is 27.7 Å². The van der Waals surface area contributed by atoms with E-state index in [9.17, 15) is 13.2 Å². The molecule has 0 saturated carbocycles. The molecule has 0 rings (SSSR count). The predicted octanol–water partition coefficient (Wildman–Crippen LogP) is 1.40. The van der Waals surface area contributed by atoms with E-state index >= 15 is 0 Å². The maximum atomic E-state index is 11.9. The zero-order valence-corrected chi connectivity index (χ0v) is 12.3. The van der Waals surface area contributed by atoms with Gasteiger partial charge in [-0.3, -0.25) is 4.79 Å². The number of hydrogen-bond acceptors (Lipinski definition) is 4. The van der Waals surface area contributed by atoms with Gasteiger partial charge < -0.3 is 5.32 Å². The fourth-order valence-corrected chi connectivity index (χ4v) is 2.44. The van der Waals surface area contributed by atoms with Crippen molar-refractivity contribution in [2.75, 3.05) is 11.5 Å². The lowest BCUT2D eigenvalue weighted by atomic mass is 9.99. The van der Waals surface area contributed by atoms with Crippen LogP contribution in [0.1, 0.15) is 41.0 Å². The second kappa shape index (κ2) is 7.11. The highest BCUT2D eigenvalue weighted by atomic mass is 32.2. The number of carbonyl (C=O) groups excluding carboxylic acids is 1. The monoisotopic (exact) mass is 263 g/mol. The maximum absolute atomic E-state index is 11.9. The van der Waals surface area contributed by atoms with Gasteiger partial charge >= 0.3 is 0 Å². The van der Waals surface area contributed by atoms with Crippen molar-refractivity contribution < 1.29 is 13.2 Å². The van der Waals surface area contributed by atoms with Gasteiger partial charge in [0.05, 0.1) is 11.8 Å². The molecule has 4 nitrogen and oxygen atoms in total. The van der Waals surface area contributed by atoms with Gasteiger partial charge in [-0.05, 0) is 6.42 Å². The lowest BCUT2D eigenvalue weighted by Gasteiger charge is -2.21. The summed E-state index contributed by atoms with van der Waals surface area (Å²) in [5.41, 5.74) is 0. The molecule has 0 spiro atoms. The van der Waals surface area contributed by atoms with Crippen LogP contribution in [0.2, 0.25) is 0 Å². The molecule has 0 aromatic heterocycles. The van der Waals surface area contributed by atoms with Crippen LogP contribution < -0.4 is 5.32 Å². The highest BCUT2D eigenvalue weighted by molar-refractivity contribution is 7.91. The molecular formula is C12H25NO3S. The third-order valence-electron chi connectivity index (χ3n) is 2.60. The number of ketones is 1. The van der Waals surface area contributed by atoms with Crippen molar-refractivity contribution in [2.24, 2.45) is 5.92 Å². The fourth-order valence-electron chi connectivity index (χ4n) is 1.55. The molecule has 1 N–H and O–H groups in total. The number of nitrogens with one attached hydrogen (secondary N) is 1. The summed E-state index contributed by atoms with van der Waals surface area (Å²) in [7, 11) is -3.00. The summed E-state index contributed by atoms with van der Waals surface area (Å²) in [5, 5.41) is 3.14. The smallest absolute Gasteiger partial charge is 0.152 e. The molecule has 0 heterocycles. The van der Waals surface area contributed by atoms with Gasteiger partial charge in [-0.15, -0.1) is 0 Å². The van der Waals surface area contributed by atoms with Crippen LogP contribution in [0.4, 0.5) is 0 Å². The first-order chi connectivity index (χ1) is 7.69. The SMILES string of the molecule is CCS(=O)(=O)CCC(NC(C)C)C(=O)C(C)C. The molecule has 5 heteroatoms. The quantitative estimate of drug-likeness (QED) is 0.719. The molecule has 0 fully saturated rings. The van der Waals surface area contributed by atoms with Gasteiger partial charge in [0.15, 0.2) is 5.78 Å². The maximum Gasteiger partial charge on any atom is 0.152 e. The first kappa shape index (κ1) is 16.6. The molecule has 0 aromatic rings. The summed E-state index contributed by atoms with van der Waals surface area (Å²) in [6.45, 7) is 9.21. The molecule has 0 aliphatic heterocycles. The Morgan fingerprint density at radius 1 is 1.18 bits per heavy atom. The van der Waals surface area contributed by atoms with Gasteiger partial charge in [0, 0.05) is 17.7 Å². The minimum Gasteiger partial charge on any atom is -0.305 e. The third kappa shape index (κ3) is 6.78. The number of hydrogen-bond donors (Lipinski definition) is 1. The second-order valence-corrected chi connectivity index (χ2v) is 7.43. The van der Waals surface area contributed by atoms with Crippen molar-refractivity contribution in [1.82, 2.24) is 5.32 Å². The van der Waals surface area contributed by atoms with E-state index in [0.717, 1.165) is 0 Å². The summed E-state index contributed by atoms with van der Waals surface area (Å²) < 4.78 is 22.9. The lowest BCUT2D eigenvalue weighted by molar-refractivity contribution is -0.124. The average Bonchev–Trinajstić information content (AvgIpc) is 2.22. The minimum absolute atomic E-state index is 0.0735. The second-order valence-electron chi connectivity index (χ2n) is 4.96. The van der Waals surface area contributed by atoms with E-state index in [1.54, 1.807) is 6.92 Å². The summed E-state index contributed by atoms with van der Waals surface area (Å²) in [6.07, 6.45) is 0.366. The standard InChI is InChI=1S/C12H25NO3S/c1-6-17(15,16)8-7-11(13-10(4)5)12(14)9(2)3/h9-11,13H,6-8H2,1-5H3. The largest absolute Gasteiger partial charge is 0.305 e. The van der Waals surface area contributed by atoms with Crippen LogP contribution >= 0.6 is 0 Å². The van der Waals surface area contributed by atoms with E-state index in [2.05, 4.69) is 5.32 Å². The van der Waals surface area contributed by atoms with Crippen molar-refractivity contribution >= 4 is 15.6 Å². The van der Waals surface area contributed by atoms with Crippen LogP contribution in [-0.4, -0.2) is 37.8 Å². The van der Waals surface area contributed by atoms with Gasteiger partial charge in [-0.1, -0.05) is 34.6 Å². The molecule has 0 aliphatic carbocycles. The van der Waals surface area contributed by atoms with E-state index in [4.69, 9.17) is 0 Å². The Hall–Kier alpha value is -0.420. The van der Waals surface area contributed by atoms with Crippen molar-refractivity contribution in [3.63, 3.8) is 0 Å². The first-order valence-corrected chi connectivity index (χ1v) is 8.02. The van der Waals surface area contributed by atoms with E-state index in [0.29, 0.717) is 6.42 Å². The molecule has 1 atom stereocenters. The molecule has 0 aliphatic rings. The molecule has 1 unspecified atom stereocenters. The fraction of sp³-hybridized carbons (Fsp3) is 0.917. The Morgan fingerprint density at radius 2 is 1.71 bits per heavy atom. The van der Waals surface area contributed by atoms with Gasteiger partial charge in [0.25, 0.3) is 0 Å². The number of Topliss-reactive ketones (excluding diaryl/α,β-unsaturated/α-hetero) is 1. The number of rotatable bonds is 8. The summed E-state index contributed by atoms with van der Waals surface area (Å²) in [5.74, 6) is 0.226. The molecule has 17 heavy (non-hydrogen) atoms. The van der Waals surface area contributed by atoms with Gasteiger partial charge in [0.2, 0.25) is 0 Å². The average molecular weight is 263 g/mol. The van der Waals surface area contributed by atoms with Crippen LogP contribution in [0, 0.1) is 5.92 Å². The van der Waals surface area contributed by atoms with E-state index in [-0.39, 0.29) is 35.3 Å². The summed E-state index contributed by atoms with van der Waals surface area (Å²) >= 11 is 0. The Bertz CT molecular complexity index is 334. The molecular weight excluding hydrogens is 238 g/mol. The Balaban J connectivity index is 4.56. The predicted molar refractivity (Wildman–Crippen MR) is 70.8 cm³/mol. The summed E-state index contributed by atoms with van der Waals surface area (Å²) in [6, 6.07) is -0.177. The lowest BCUT2D eigenvalue weighted by Crippen LogP contribution is -2.43. The topological polar surface area (TPSA) is 63.2 Å². The zero-order valence-electron chi connectivity index (χ0n) is 11.5. The van der Waals surface area contributed by atoms with Crippen molar-refractivity contribution in [3.05, 3.63) is 0 Å². The van der Waals surface area contributed by atoms with E-state index < -0.39 is 9.84 Å². The Labute approximate surface area is 105 Å². The van der Waals surface area contributed by atoms with Crippen molar-refractivity contribution in [3.8, 4) is 0 Å². The Morgan fingerprint density at radius 3 is 2.06 bits per heavy atom. The Kier molecular flexibility index (Phi) is 6.94. The molecule has 0 aromatic carbocycles.